The van der Waals surface area contributed by atoms with Crippen molar-refractivity contribution in [3.8, 4) is 0 Å². The molecule has 0 unspecified atom stereocenters. The van der Waals surface area contributed by atoms with Crippen LogP contribution in [0.2, 0.25) is 0 Å². The zero-order valence-electron chi connectivity index (χ0n) is 19.8. The average molecular weight is 458 g/mol. The van der Waals surface area contributed by atoms with Gasteiger partial charge in [0.05, 0.1) is 5.69 Å². The molecule has 176 valence electrons. The number of thiophene rings is 1. The number of nitrogens with one attached hydrogen (secondary N) is 2. The summed E-state index contributed by atoms with van der Waals surface area (Å²) in [5, 5.41) is 14.2. The van der Waals surface area contributed by atoms with Crippen molar-refractivity contribution < 1.29 is 4.79 Å². The summed E-state index contributed by atoms with van der Waals surface area (Å²) in [5.41, 5.74) is 2.50. The van der Waals surface area contributed by atoms with Crippen LogP contribution in [0, 0.1) is 6.92 Å². The third-order valence-electron chi connectivity index (χ3n) is 8.47. The summed E-state index contributed by atoms with van der Waals surface area (Å²) >= 11 is 1.77. The van der Waals surface area contributed by atoms with Gasteiger partial charge in [0, 0.05) is 30.1 Å². The minimum Gasteiger partial charge on any atom is -0.320 e. The van der Waals surface area contributed by atoms with Crippen LogP contribution in [0.4, 0.5) is 5.00 Å². The van der Waals surface area contributed by atoms with Crippen LogP contribution in [0.3, 0.4) is 0 Å². The zero-order chi connectivity index (χ0) is 22.1. The maximum Gasteiger partial charge on any atom is 0.212 e. The van der Waals surface area contributed by atoms with Crippen molar-refractivity contribution in [2.24, 2.45) is 0 Å². The van der Waals surface area contributed by atoms with E-state index in [0.717, 1.165) is 30.2 Å². The lowest BCUT2D eigenvalue weighted by Crippen LogP contribution is -2.56. The van der Waals surface area contributed by atoms with Crippen LogP contribution in [-0.2, 0) is 10.5 Å². The van der Waals surface area contributed by atoms with Crippen molar-refractivity contribution in [1.29, 1.82) is 0 Å². The van der Waals surface area contributed by atoms with Crippen LogP contribution in [0.5, 0.6) is 0 Å². The molecule has 2 aromatic rings. The molecule has 3 fully saturated rings. The Morgan fingerprint density at radius 3 is 2.38 bits per heavy atom. The van der Waals surface area contributed by atoms with E-state index in [4.69, 9.17) is 5.10 Å². The van der Waals surface area contributed by atoms with E-state index >= 15 is 0 Å². The Balaban J connectivity index is 1.61. The minimum absolute atomic E-state index is 0.0173. The molecule has 2 aromatic heterocycles. The number of aryl methyl sites for hydroxylation is 1. The molecule has 7 heteroatoms. The number of likely N-dealkylation sites (tertiary alicyclic amines) is 1. The number of fused-ring (bicyclic) bond motifs is 1. The van der Waals surface area contributed by atoms with Gasteiger partial charge in [-0.25, -0.2) is 4.68 Å². The molecule has 2 N–H and O–H groups in total. The van der Waals surface area contributed by atoms with E-state index in [0.29, 0.717) is 12.0 Å². The fourth-order valence-electron chi connectivity index (χ4n) is 6.76. The van der Waals surface area contributed by atoms with Crippen molar-refractivity contribution in [2.75, 3.05) is 25.5 Å². The molecule has 5 rings (SSSR count). The van der Waals surface area contributed by atoms with Gasteiger partial charge in [0.15, 0.2) is 0 Å². The molecule has 32 heavy (non-hydrogen) atoms. The predicted octanol–water partition coefficient (Wildman–Crippen LogP) is 5.32. The average Bonchev–Trinajstić information content (AvgIpc) is 3.37. The van der Waals surface area contributed by atoms with Crippen LogP contribution in [0.1, 0.15) is 94.2 Å². The van der Waals surface area contributed by atoms with E-state index < -0.39 is 0 Å². The van der Waals surface area contributed by atoms with Crippen LogP contribution in [-0.4, -0.2) is 47.3 Å². The second-order valence-electron chi connectivity index (χ2n) is 10.2. The molecule has 0 atom stereocenters. The molecule has 0 radical (unpaired) electrons. The fourth-order valence-corrected chi connectivity index (χ4v) is 8.10. The first-order valence-electron chi connectivity index (χ1n) is 12.8. The molecule has 3 aliphatic rings. The summed E-state index contributed by atoms with van der Waals surface area (Å²) in [5.74, 6) is 0.546. The summed E-state index contributed by atoms with van der Waals surface area (Å²) in [4.78, 5) is 15.5. The number of carbonyl (C=O) groups is 1. The van der Waals surface area contributed by atoms with E-state index in [9.17, 15) is 4.79 Å². The van der Waals surface area contributed by atoms with Gasteiger partial charge in [0.25, 0.3) is 0 Å². The van der Waals surface area contributed by atoms with Crippen molar-refractivity contribution in [3.05, 3.63) is 11.3 Å². The highest BCUT2D eigenvalue weighted by molar-refractivity contribution is 7.22. The highest BCUT2D eigenvalue weighted by Gasteiger charge is 2.44. The Morgan fingerprint density at radius 2 is 1.72 bits per heavy atom. The standard InChI is InChI=1S/C25H39N5OS/c1-18-21-22(19-9-5-3-6-10-19)23(27-17-31)32-24(21)30(28-18)25(13-7-4-8-14-25)29-15-11-20(26-2)12-16-29/h17,19-20,26H,3-16H2,1-2H3,(H,27,31). The number of rotatable bonds is 6. The van der Waals surface area contributed by atoms with Gasteiger partial charge in [-0.15, -0.1) is 0 Å². The quantitative estimate of drug-likeness (QED) is 0.576. The molecule has 1 saturated heterocycles. The molecular weight excluding hydrogens is 418 g/mol. The third kappa shape index (κ3) is 3.80. The van der Waals surface area contributed by atoms with Crippen LogP contribution in [0.15, 0.2) is 0 Å². The fraction of sp³-hybridized carbons (Fsp3) is 0.760. The molecule has 6 nitrogen and oxygen atoms in total. The Morgan fingerprint density at radius 1 is 1.03 bits per heavy atom. The second-order valence-corrected chi connectivity index (χ2v) is 11.2. The van der Waals surface area contributed by atoms with E-state index in [1.807, 2.05) is 0 Å². The largest absolute Gasteiger partial charge is 0.320 e. The Hall–Kier alpha value is -1.44. The van der Waals surface area contributed by atoms with Gasteiger partial charge in [-0.3, -0.25) is 9.69 Å². The zero-order valence-corrected chi connectivity index (χ0v) is 20.6. The predicted molar refractivity (Wildman–Crippen MR) is 133 cm³/mol. The number of carbonyl (C=O) groups excluding carboxylic acids is 1. The van der Waals surface area contributed by atoms with Crippen molar-refractivity contribution in [1.82, 2.24) is 20.0 Å². The van der Waals surface area contributed by atoms with E-state index in [1.165, 1.54) is 92.8 Å². The maximum absolute atomic E-state index is 11.5. The summed E-state index contributed by atoms with van der Waals surface area (Å²) in [6, 6.07) is 0.634. The van der Waals surface area contributed by atoms with Crippen LogP contribution < -0.4 is 10.6 Å². The summed E-state index contributed by atoms with van der Waals surface area (Å²) in [7, 11) is 2.09. The van der Waals surface area contributed by atoms with Crippen LogP contribution in [0.25, 0.3) is 10.2 Å². The first-order chi connectivity index (χ1) is 15.7. The second kappa shape index (κ2) is 9.43. The number of nitrogens with zero attached hydrogens (tertiary/aromatic N) is 3. The molecule has 0 spiro atoms. The number of hydrogen-bond acceptors (Lipinski definition) is 5. The number of anilines is 1. The van der Waals surface area contributed by atoms with Gasteiger partial charge in [0.1, 0.15) is 15.5 Å². The monoisotopic (exact) mass is 457 g/mol. The highest BCUT2D eigenvalue weighted by atomic mass is 32.1. The van der Waals surface area contributed by atoms with Crippen LogP contribution >= 0.6 is 11.3 Å². The number of aromatic nitrogens is 2. The van der Waals surface area contributed by atoms with E-state index in [1.54, 1.807) is 11.3 Å². The molecule has 1 aliphatic heterocycles. The molecule has 2 saturated carbocycles. The molecular formula is C25H39N5OS. The topological polar surface area (TPSA) is 62.2 Å². The number of amides is 1. The van der Waals surface area contributed by atoms with Crippen molar-refractivity contribution in [2.45, 2.75) is 102 Å². The lowest BCUT2D eigenvalue weighted by Gasteiger charge is -2.49. The lowest BCUT2D eigenvalue weighted by molar-refractivity contribution is -0.105. The Bertz CT molecular complexity index is 930. The summed E-state index contributed by atoms with van der Waals surface area (Å²) in [6.45, 7) is 4.45. The molecule has 3 heterocycles. The smallest absolute Gasteiger partial charge is 0.212 e. The van der Waals surface area contributed by atoms with Gasteiger partial charge in [0.2, 0.25) is 6.41 Å². The maximum atomic E-state index is 11.5. The van der Waals surface area contributed by atoms with Gasteiger partial charge in [-0.2, -0.15) is 5.10 Å². The highest BCUT2D eigenvalue weighted by Crippen LogP contribution is 2.49. The summed E-state index contributed by atoms with van der Waals surface area (Å²) < 4.78 is 2.42. The Kier molecular flexibility index (Phi) is 6.59. The van der Waals surface area contributed by atoms with E-state index in [-0.39, 0.29) is 5.66 Å². The molecule has 0 aromatic carbocycles. The first kappa shape index (κ1) is 22.4. The van der Waals surface area contributed by atoms with Gasteiger partial charge < -0.3 is 10.6 Å². The van der Waals surface area contributed by atoms with Crippen molar-refractivity contribution >= 4 is 33.0 Å². The minimum atomic E-state index is -0.0173. The molecule has 2 aliphatic carbocycles. The Labute approximate surface area is 196 Å². The SMILES string of the molecule is CNC1CCN(C2(n3nc(C)c4c(C5CCCCC5)c(NC=O)sc43)CCCCC2)CC1. The normalized spacial score (nSPS) is 23.6. The first-order valence-corrected chi connectivity index (χ1v) is 13.6. The molecule has 1 amide bonds. The van der Waals surface area contributed by atoms with Gasteiger partial charge in [-0.1, -0.05) is 37.0 Å². The number of hydrogen-bond donors (Lipinski definition) is 2. The van der Waals surface area contributed by atoms with E-state index in [2.05, 4.69) is 34.2 Å². The molecule has 0 bridgehead atoms. The summed E-state index contributed by atoms with van der Waals surface area (Å²) in [6.07, 6.45) is 15.9. The van der Waals surface area contributed by atoms with Gasteiger partial charge >= 0.3 is 0 Å². The number of piperidine rings is 1. The third-order valence-corrected chi connectivity index (χ3v) is 9.59. The van der Waals surface area contributed by atoms with Crippen molar-refractivity contribution in [3.63, 3.8) is 0 Å². The lowest BCUT2D eigenvalue weighted by atomic mass is 9.83. The van der Waals surface area contributed by atoms with Gasteiger partial charge in [-0.05, 0) is 71.3 Å².